The molecule has 4 nitrogen and oxygen atoms in total. The molecule has 2 rings (SSSR count). The summed E-state index contributed by atoms with van der Waals surface area (Å²) in [5, 5.41) is 11.0. The minimum absolute atomic E-state index is 0.0826. The molecule has 2 aromatic rings. The van der Waals surface area contributed by atoms with Crippen molar-refractivity contribution < 1.29 is 9.66 Å². The lowest BCUT2D eigenvalue weighted by atomic mass is 10.2. The van der Waals surface area contributed by atoms with Crippen molar-refractivity contribution in [2.45, 2.75) is 5.88 Å². The van der Waals surface area contributed by atoms with Crippen molar-refractivity contribution in [3.63, 3.8) is 0 Å². The van der Waals surface area contributed by atoms with E-state index in [0.29, 0.717) is 16.7 Å². The summed E-state index contributed by atoms with van der Waals surface area (Å²) in [4.78, 5) is 10.2. The van der Waals surface area contributed by atoms with E-state index in [1.54, 1.807) is 18.2 Å². The molecule has 0 atom stereocenters. The molecule has 0 bridgehead atoms. The van der Waals surface area contributed by atoms with Gasteiger partial charge in [0.2, 0.25) is 0 Å². The first-order valence-corrected chi connectivity index (χ1v) is 7.18. The Morgan fingerprint density at radius 1 is 1.25 bits per heavy atom. The number of hydrogen-bond acceptors (Lipinski definition) is 3. The lowest BCUT2D eigenvalue weighted by molar-refractivity contribution is -0.384. The number of alkyl halides is 1. The Bertz CT molecular complexity index is 664. The van der Waals surface area contributed by atoms with Gasteiger partial charge in [0.05, 0.1) is 16.0 Å². The second kappa shape index (κ2) is 6.43. The van der Waals surface area contributed by atoms with E-state index >= 15 is 0 Å². The summed E-state index contributed by atoms with van der Waals surface area (Å²) in [5.74, 6) is 1.11. The third kappa shape index (κ3) is 3.42. The molecule has 0 heterocycles. The molecule has 7 heteroatoms. The first kappa shape index (κ1) is 15.1. The molecule has 0 aliphatic rings. The molecule has 0 saturated carbocycles. The summed E-state index contributed by atoms with van der Waals surface area (Å²) < 4.78 is 6.37. The van der Waals surface area contributed by atoms with E-state index in [2.05, 4.69) is 15.9 Å². The number of nitro benzene ring substituents is 1. The smallest absolute Gasteiger partial charge is 0.273 e. The number of hydrogen-bond donors (Lipinski definition) is 0. The predicted octanol–water partition coefficient (Wildman–Crippen LogP) is 5.54. The molecule has 104 valence electrons. The molecule has 0 fully saturated rings. The Morgan fingerprint density at radius 2 is 2.00 bits per heavy atom. The van der Waals surface area contributed by atoms with E-state index in [9.17, 15) is 10.1 Å². The van der Waals surface area contributed by atoms with Crippen LogP contribution in [0, 0.1) is 10.1 Å². The Balaban J connectivity index is 2.32. The number of non-ortho nitro benzene ring substituents is 1. The highest BCUT2D eigenvalue weighted by Crippen LogP contribution is 2.34. The van der Waals surface area contributed by atoms with Crippen LogP contribution in [0.3, 0.4) is 0 Å². The zero-order valence-corrected chi connectivity index (χ0v) is 13.1. The lowest BCUT2D eigenvalue weighted by Gasteiger charge is -2.09. The van der Waals surface area contributed by atoms with Gasteiger partial charge in [0.1, 0.15) is 5.75 Å². The minimum Gasteiger partial charge on any atom is -0.455 e. The van der Waals surface area contributed by atoms with Crippen LogP contribution in [0.5, 0.6) is 11.5 Å². The molecule has 0 amide bonds. The molecule has 20 heavy (non-hydrogen) atoms. The Morgan fingerprint density at radius 3 is 2.60 bits per heavy atom. The fourth-order valence-electron chi connectivity index (χ4n) is 1.51. The maximum Gasteiger partial charge on any atom is 0.273 e. The average Bonchev–Trinajstić information content (AvgIpc) is 2.41. The lowest BCUT2D eigenvalue weighted by Crippen LogP contribution is -1.91. The van der Waals surface area contributed by atoms with Crippen LogP contribution in [0.15, 0.2) is 40.9 Å². The summed E-state index contributed by atoms with van der Waals surface area (Å²) in [6.45, 7) is 0. The van der Waals surface area contributed by atoms with Gasteiger partial charge in [-0.05, 0) is 23.8 Å². The van der Waals surface area contributed by atoms with Gasteiger partial charge in [-0.2, -0.15) is 0 Å². The minimum atomic E-state index is -0.504. The van der Waals surface area contributed by atoms with Crippen LogP contribution < -0.4 is 4.74 Å². The van der Waals surface area contributed by atoms with Crippen molar-refractivity contribution in [3.8, 4) is 11.5 Å². The Labute approximate surface area is 133 Å². The summed E-state index contributed by atoms with van der Waals surface area (Å²) >= 11 is 15.1. The van der Waals surface area contributed by atoms with Gasteiger partial charge in [-0.25, -0.2) is 0 Å². The average molecular weight is 377 g/mol. The van der Waals surface area contributed by atoms with E-state index in [4.69, 9.17) is 27.9 Å². The van der Waals surface area contributed by atoms with Crippen molar-refractivity contribution in [2.75, 3.05) is 0 Å². The van der Waals surface area contributed by atoms with Crippen LogP contribution in [-0.4, -0.2) is 4.92 Å². The highest BCUT2D eigenvalue weighted by Gasteiger charge is 2.12. The molecule has 0 unspecified atom stereocenters. The molecule has 0 saturated heterocycles. The molecule has 0 aliphatic heterocycles. The summed E-state index contributed by atoms with van der Waals surface area (Å²) in [5.41, 5.74) is 0.838. The first-order chi connectivity index (χ1) is 9.51. The molecular weight excluding hydrogens is 369 g/mol. The highest BCUT2D eigenvalue weighted by molar-refractivity contribution is 9.10. The van der Waals surface area contributed by atoms with E-state index in [-0.39, 0.29) is 11.4 Å². The largest absolute Gasteiger partial charge is 0.455 e. The van der Waals surface area contributed by atoms with Gasteiger partial charge in [0, 0.05) is 16.4 Å². The third-order valence-electron chi connectivity index (χ3n) is 2.52. The molecule has 0 aliphatic carbocycles. The van der Waals surface area contributed by atoms with Gasteiger partial charge in [-0.1, -0.05) is 33.6 Å². The monoisotopic (exact) mass is 375 g/mol. The van der Waals surface area contributed by atoms with E-state index < -0.39 is 4.92 Å². The van der Waals surface area contributed by atoms with Crippen LogP contribution in [0.25, 0.3) is 0 Å². The summed E-state index contributed by atoms with van der Waals surface area (Å²) in [6, 6.07) is 9.28. The summed E-state index contributed by atoms with van der Waals surface area (Å²) in [7, 11) is 0. The second-order valence-corrected chi connectivity index (χ2v) is 5.39. The zero-order valence-electron chi connectivity index (χ0n) is 9.98. The van der Waals surface area contributed by atoms with Crippen molar-refractivity contribution in [3.05, 3.63) is 61.6 Å². The van der Waals surface area contributed by atoms with Gasteiger partial charge < -0.3 is 4.74 Å². The van der Waals surface area contributed by atoms with Gasteiger partial charge >= 0.3 is 0 Å². The van der Waals surface area contributed by atoms with Crippen molar-refractivity contribution in [1.29, 1.82) is 0 Å². The normalized spacial score (nSPS) is 10.3. The van der Waals surface area contributed by atoms with E-state index in [1.165, 1.54) is 18.2 Å². The van der Waals surface area contributed by atoms with Gasteiger partial charge in [-0.3, -0.25) is 10.1 Å². The fourth-order valence-corrected chi connectivity index (χ4v) is 2.56. The Hall–Kier alpha value is -1.30. The fraction of sp³-hybridized carbons (Fsp3) is 0.0769. The van der Waals surface area contributed by atoms with Crippen LogP contribution in [0.2, 0.25) is 5.02 Å². The van der Waals surface area contributed by atoms with Gasteiger partial charge in [-0.15, -0.1) is 11.6 Å². The molecule has 0 N–H and O–H groups in total. The predicted molar refractivity (Wildman–Crippen MR) is 81.9 cm³/mol. The van der Waals surface area contributed by atoms with Crippen LogP contribution >= 0.6 is 39.1 Å². The van der Waals surface area contributed by atoms with Gasteiger partial charge in [0.25, 0.3) is 5.69 Å². The SMILES string of the molecule is O=[N+]([O-])c1ccc(Cl)c(Oc2ccc(CCl)c(Br)c2)c1. The number of nitro groups is 1. The number of rotatable bonds is 4. The molecular formula is C13H8BrCl2NO3. The maximum absolute atomic E-state index is 10.7. The topological polar surface area (TPSA) is 52.4 Å². The van der Waals surface area contributed by atoms with Crippen LogP contribution in [0.1, 0.15) is 5.56 Å². The zero-order chi connectivity index (χ0) is 14.7. The standard InChI is InChI=1S/C13H8BrCl2NO3/c14-11-6-10(3-1-8(11)7-15)20-13-5-9(17(18)19)2-4-12(13)16/h1-6H,7H2. The molecule has 2 aromatic carbocycles. The second-order valence-electron chi connectivity index (χ2n) is 3.86. The van der Waals surface area contributed by atoms with E-state index in [0.717, 1.165) is 10.0 Å². The van der Waals surface area contributed by atoms with E-state index in [1.807, 2.05) is 0 Å². The maximum atomic E-state index is 10.7. The molecule has 0 aromatic heterocycles. The molecule has 0 spiro atoms. The number of benzene rings is 2. The Kier molecular flexibility index (Phi) is 4.86. The third-order valence-corrected chi connectivity index (χ3v) is 3.86. The number of ether oxygens (including phenoxy) is 1. The number of halogens is 3. The van der Waals surface area contributed by atoms with Gasteiger partial charge in [0.15, 0.2) is 5.75 Å². The highest BCUT2D eigenvalue weighted by atomic mass is 79.9. The van der Waals surface area contributed by atoms with Crippen LogP contribution in [0.4, 0.5) is 5.69 Å². The quantitative estimate of drug-likeness (QED) is 0.399. The number of nitrogens with zero attached hydrogens (tertiary/aromatic N) is 1. The van der Waals surface area contributed by atoms with Crippen molar-refractivity contribution in [1.82, 2.24) is 0 Å². The van der Waals surface area contributed by atoms with Crippen LogP contribution in [-0.2, 0) is 5.88 Å². The summed E-state index contributed by atoms with van der Waals surface area (Å²) in [6.07, 6.45) is 0. The van der Waals surface area contributed by atoms with Crippen molar-refractivity contribution in [2.24, 2.45) is 0 Å². The first-order valence-electron chi connectivity index (χ1n) is 5.47. The molecule has 0 radical (unpaired) electrons. The van der Waals surface area contributed by atoms with Crippen molar-refractivity contribution >= 4 is 44.8 Å².